The van der Waals surface area contributed by atoms with E-state index in [4.69, 9.17) is 47.2 Å². The molecule has 6 aliphatic rings. The average molecular weight is 681 g/mol. The van der Waals surface area contributed by atoms with Crippen LogP contribution in [0.4, 0.5) is 0 Å². The van der Waals surface area contributed by atoms with Gasteiger partial charge in [-0.05, 0) is 54.3 Å². The third kappa shape index (κ3) is 4.44. The molecule has 4 aliphatic heterocycles. The van der Waals surface area contributed by atoms with E-state index in [9.17, 15) is 29.4 Å². The van der Waals surface area contributed by atoms with Crippen molar-refractivity contribution in [3.63, 3.8) is 0 Å². The lowest BCUT2D eigenvalue weighted by molar-refractivity contribution is -0.364. The van der Waals surface area contributed by atoms with Crippen LogP contribution in [0.1, 0.15) is 36.1 Å². The molecule has 0 radical (unpaired) electrons. The minimum absolute atomic E-state index is 0.0199. The predicted molar refractivity (Wildman–Crippen MR) is 152 cm³/mol. The van der Waals surface area contributed by atoms with Crippen LogP contribution in [0.3, 0.4) is 0 Å². The zero-order valence-electron chi connectivity index (χ0n) is 25.4. The maximum absolute atomic E-state index is 13.9. The van der Waals surface area contributed by atoms with Crippen molar-refractivity contribution in [3.8, 4) is 28.7 Å². The zero-order valence-corrected chi connectivity index (χ0v) is 26.3. The summed E-state index contributed by atoms with van der Waals surface area (Å²) in [7, 11) is -2.38. The fourth-order valence-corrected chi connectivity index (χ4v) is 8.51. The van der Waals surface area contributed by atoms with Gasteiger partial charge in [0.25, 0.3) is 0 Å². The van der Waals surface area contributed by atoms with Crippen molar-refractivity contribution in [1.29, 1.82) is 0 Å². The molecule has 0 aromatic heterocycles. The largest absolute Gasteiger partial charge is 0.525 e. The summed E-state index contributed by atoms with van der Waals surface area (Å²) in [5.74, 6) is -0.562. The number of phosphoric ester groups is 1. The topological polar surface area (TPSA) is 207 Å². The van der Waals surface area contributed by atoms with Gasteiger partial charge in [0.1, 0.15) is 24.4 Å². The quantitative estimate of drug-likeness (QED) is 0.238. The Labute approximate surface area is 267 Å². The highest BCUT2D eigenvalue weighted by Crippen LogP contribution is 2.80. The summed E-state index contributed by atoms with van der Waals surface area (Å²) in [6.45, 7) is 1.75. The number of rotatable bonds is 7. The first-order valence-electron chi connectivity index (χ1n) is 15.0. The van der Waals surface area contributed by atoms with E-state index in [1.165, 1.54) is 14.2 Å². The second-order valence-corrected chi connectivity index (χ2v) is 13.6. The van der Waals surface area contributed by atoms with Crippen molar-refractivity contribution in [2.45, 2.75) is 61.9 Å². The number of aliphatic hydroxyl groups is 2. The molecule has 8 rings (SSSR count). The van der Waals surface area contributed by atoms with Crippen LogP contribution in [0.5, 0.6) is 28.7 Å². The smallest absolute Gasteiger partial charge is 0.493 e. The summed E-state index contributed by atoms with van der Waals surface area (Å²) in [5.41, 5.74) is -0.453. The summed E-state index contributed by atoms with van der Waals surface area (Å²) in [4.78, 5) is 33.0. The summed E-state index contributed by atoms with van der Waals surface area (Å²) in [6.07, 6.45) is -6.91. The Morgan fingerprint density at radius 3 is 2.32 bits per heavy atom. The lowest BCUT2D eigenvalue weighted by Crippen LogP contribution is -2.63. The first kappa shape index (κ1) is 31.1. The molecule has 1 spiro atoms. The maximum atomic E-state index is 13.9. The van der Waals surface area contributed by atoms with Gasteiger partial charge in [-0.3, -0.25) is 14.6 Å². The lowest BCUT2D eigenvalue weighted by atomic mass is 9.66. The monoisotopic (exact) mass is 680 g/mol. The number of methoxy groups -OCH3 is 2. The Bertz CT molecular complexity index is 1650. The Balaban J connectivity index is 1.26. The second-order valence-electron chi connectivity index (χ2n) is 12.4. The number of hydrogen-bond donors (Lipinski definition) is 4. The number of hydrogen-bond acceptors (Lipinski definition) is 14. The van der Waals surface area contributed by atoms with Crippen LogP contribution >= 0.6 is 7.82 Å². The minimum Gasteiger partial charge on any atom is -0.493 e. The molecule has 2 aromatic rings. The van der Waals surface area contributed by atoms with E-state index in [-0.39, 0.29) is 43.7 Å². The average Bonchev–Trinajstić information content (AvgIpc) is 3.37. The molecule has 0 bridgehead atoms. The van der Waals surface area contributed by atoms with Gasteiger partial charge in [-0.2, -0.15) is 0 Å². The molecule has 4 N–H and O–H groups in total. The molecule has 10 atom stereocenters. The Morgan fingerprint density at radius 1 is 0.936 bits per heavy atom. The zero-order chi connectivity index (χ0) is 33.0. The van der Waals surface area contributed by atoms with Crippen molar-refractivity contribution in [2.75, 3.05) is 34.2 Å². The highest BCUT2D eigenvalue weighted by Gasteiger charge is 2.83. The first-order valence-corrected chi connectivity index (χ1v) is 16.5. The van der Waals surface area contributed by atoms with Crippen molar-refractivity contribution in [1.82, 2.24) is 0 Å². The van der Waals surface area contributed by atoms with E-state index >= 15 is 0 Å². The molecule has 4 fully saturated rings. The molecule has 4 heterocycles. The van der Waals surface area contributed by atoms with Crippen LogP contribution in [0.25, 0.3) is 0 Å². The van der Waals surface area contributed by atoms with Crippen molar-refractivity contribution in [2.24, 2.45) is 11.3 Å². The Kier molecular flexibility index (Phi) is 7.06. The van der Waals surface area contributed by atoms with Gasteiger partial charge in [-0.1, -0.05) is 0 Å². The molecular weight excluding hydrogens is 647 g/mol. The number of carbonyl (C=O) groups is 1. The first-order chi connectivity index (χ1) is 22.4. The number of benzene rings is 2. The van der Waals surface area contributed by atoms with Gasteiger partial charge in [-0.15, -0.1) is 0 Å². The van der Waals surface area contributed by atoms with Crippen LogP contribution in [-0.2, 0) is 38.5 Å². The number of ether oxygens (including phenoxy) is 9. The Hall–Kier alpha value is -3.18. The molecule has 47 heavy (non-hydrogen) atoms. The highest BCUT2D eigenvalue weighted by molar-refractivity contribution is 7.46. The van der Waals surface area contributed by atoms with E-state index in [2.05, 4.69) is 0 Å². The number of esters is 1. The standard InChI is InChI=1S/C30H33O16P/c1-12-39-9-21-26(43-12)22(31)23(32)27(44-21)45-24-14-6-17-18(42-11-41-17)7-15(14)29(10-30(29)16(24)8-40-28(30)33)13-4-19(37-2)25(20(5-13)38-3)46-47(34,35)36/h4-7,12,16,21-24,26-27,31-32H,8-11H2,1-3H3,(H2,34,35,36). The molecule has 17 heteroatoms. The summed E-state index contributed by atoms with van der Waals surface area (Å²) >= 11 is 0. The van der Waals surface area contributed by atoms with Crippen molar-refractivity contribution >= 4 is 13.8 Å². The van der Waals surface area contributed by atoms with Crippen molar-refractivity contribution in [3.05, 3.63) is 41.0 Å². The predicted octanol–water partition coefficient (Wildman–Crippen LogP) is 1.03. The molecule has 2 aliphatic carbocycles. The van der Waals surface area contributed by atoms with Crippen LogP contribution in [0.15, 0.2) is 24.3 Å². The third-order valence-electron chi connectivity index (χ3n) is 10.2. The number of cyclic esters (lactones) is 1. The van der Waals surface area contributed by atoms with E-state index < -0.39 is 73.6 Å². The van der Waals surface area contributed by atoms with Gasteiger partial charge in [-0.25, -0.2) is 4.57 Å². The van der Waals surface area contributed by atoms with Crippen LogP contribution in [-0.4, -0.2) is 97.2 Å². The fourth-order valence-electron chi connectivity index (χ4n) is 8.09. The fraction of sp³-hybridized carbons (Fsp3) is 0.567. The van der Waals surface area contributed by atoms with Gasteiger partial charge >= 0.3 is 13.8 Å². The second kappa shape index (κ2) is 10.7. The summed E-state index contributed by atoms with van der Waals surface area (Å²) in [6, 6.07) is 6.64. The number of fused-ring (bicyclic) bond motifs is 4. The van der Waals surface area contributed by atoms with Crippen molar-refractivity contribution < 1.29 is 76.5 Å². The number of carbonyl (C=O) groups excluding carboxylic acids is 1. The molecule has 0 amide bonds. The number of phosphoric acid groups is 1. The summed E-state index contributed by atoms with van der Waals surface area (Å²) < 4.78 is 68.8. The van der Waals surface area contributed by atoms with E-state index in [1.54, 1.807) is 31.2 Å². The van der Waals surface area contributed by atoms with Gasteiger partial charge in [0.05, 0.1) is 39.0 Å². The summed E-state index contributed by atoms with van der Waals surface area (Å²) in [5, 5.41) is 22.1. The molecule has 2 aromatic carbocycles. The SMILES string of the molecule is COc1cc(C23CC24C(=O)OCC4C(OC2OC4COC(C)OC4C(O)C2O)c2cc4c(cc23)OCO4)cc(OC)c1OP(=O)(O)O. The molecule has 10 unspecified atom stereocenters. The van der Waals surface area contributed by atoms with Crippen LogP contribution in [0, 0.1) is 11.3 Å². The third-order valence-corrected chi connectivity index (χ3v) is 10.6. The van der Waals surface area contributed by atoms with Gasteiger partial charge in [0.15, 0.2) is 35.6 Å². The van der Waals surface area contributed by atoms with E-state index in [0.717, 1.165) is 0 Å². The Morgan fingerprint density at radius 2 is 1.64 bits per heavy atom. The molecule has 1 saturated carbocycles. The normalized spacial score (nSPS) is 38.0. The molecule has 3 saturated heterocycles. The van der Waals surface area contributed by atoms with Gasteiger partial charge in [0.2, 0.25) is 12.5 Å². The van der Waals surface area contributed by atoms with Crippen LogP contribution in [0.2, 0.25) is 0 Å². The van der Waals surface area contributed by atoms with Gasteiger partial charge in [0, 0.05) is 11.3 Å². The van der Waals surface area contributed by atoms with Gasteiger partial charge < -0.3 is 57.4 Å². The molecule has 16 nitrogen and oxygen atoms in total. The maximum Gasteiger partial charge on any atom is 0.525 e. The lowest BCUT2D eigenvalue weighted by Gasteiger charge is -2.47. The molecule has 254 valence electrons. The number of aliphatic hydroxyl groups excluding tert-OH is 2. The highest BCUT2D eigenvalue weighted by atomic mass is 31.2. The van der Waals surface area contributed by atoms with E-state index in [1.807, 2.05) is 0 Å². The van der Waals surface area contributed by atoms with Crippen LogP contribution < -0.4 is 23.5 Å². The van der Waals surface area contributed by atoms with E-state index in [0.29, 0.717) is 28.2 Å². The minimum atomic E-state index is -5.01. The molecular formula is C30H33O16P.